The predicted octanol–water partition coefficient (Wildman–Crippen LogP) is 5.10. The molecule has 9 heteroatoms. The molecule has 1 aromatic heterocycles. The van der Waals surface area contributed by atoms with Crippen LogP contribution in [0.1, 0.15) is 68.3 Å². The third-order valence-corrected chi connectivity index (χ3v) is 9.54. The van der Waals surface area contributed by atoms with Crippen molar-refractivity contribution in [2.24, 2.45) is 17.8 Å². The molecule has 198 valence electrons. The van der Waals surface area contributed by atoms with Crippen molar-refractivity contribution in [1.82, 2.24) is 20.7 Å². The maximum Gasteiger partial charge on any atom is 0.317 e. The van der Waals surface area contributed by atoms with Crippen LogP contribution in [0.4, 0.5) is 4.79 Å². The number of likely N-dealkylation sites (tertiary alicyclic amines) is 1. The Labute approximate surface area is 222 Å². The maximum atomic E-state index is 13.6. The number of urea groups is 1. The number of hydrogen-bond donors (Lipinski definition) is 2. The zero-order valence-corrected chi connectivity index (χ0v) is 22.1. The number of amides is 3. The van der Waals surface area contributed by atoms with Gasteiger partial charge in [-0.1, -0.05) is 30.0 Å². The van der Waals surface area contributed by atoms with Crippen LogP contribution in [-0.4, -0.2) is 53.8 Å². The summed E-state index contributed by atoms with van der Waals surface area (Å²) in [7, 11) is 0. The average molecular weight is 525 g/mol. The van der Waals surface area contributed by atoms with Crippen LogP contribution in [-0.2, 0) is 0 Å². The SMILES string of the molecule is O=C(NC12CC3CC(CC(C3)C1)C2)c1onc(OCCNC(=O)N2CCCCC2)c1Sc1ccccc1. The molecule has 5 fully saturated rings. The molecule has 37 heavy (non-hydrogen) atoms. The van der Waals surface area contributed by atoms with Gasteiger partial charge in [-0.2, -0.15) is 0 Å². The highest BCUT2D eigenvalue weighted by atomic mass is 32.2. The summed E-state index contributed by atoms with van der Waals surface area (Å²) >= 11 is 1.42. The first-order chi connectivity index (χ1) is 18.1. The molecule has 2 heterocycles. The molecule has 1 aliphatic heterocycles. The van der Waals surface area contributed by atoms with Gasteiger partial charge in [0.2, 0.25) is 5.76 Å². The summed E-state index contributed by atoms with van der Waals surface area (Å²) in [5.74, 6) is 2.49. The molecule has 1 aromatic carbocycles. The normalized spacial score (nSPS) is 28.2. The number of carbonyl (C=O) groups is 2. The quantitative estimate of drug-likeness (QED) is 0.467. The van der Waals surface area contributed by atoms with Crippen molar-refractivity contribution in [2.45, 2.75) is 73.1 Å². The number of ether oxygens (including phenoxy) is 1. The largest absolute Gasteiger partial charge is 0.473 e. The number of nitrogens with one attached hydrogen (secondary N) is 2. The molecule has 7 rings (SSSR count). The van der Waals surface area contributed by atoms with Crippen LogP contribution in [0.2, 0.25) is 0 Å². The van der Waals surface area contributed by atoms with Gasteiger partial charge >= 0.3 is 6.03 Å². The first kappa shape index (κ1) is 24.6. The molecule has 3 amide bonds. The summed E-state index contributed by atoms with van der Waals surface area (Å²) in [6.07, 6.45) is 10.4. The van der Waals surface area contributed by atoms with Crippen LogP contribution in [0.3, 0.4) is 0 Å². The van der Waals surface area contributed by atoms with E-state index in [0.29, 0.717) is 11.4 Å². The van der Waals surface area contributed by atoms with Gasteiger partial charge in [-0.25, -0.2) is 4.79 Å². The first-order valence-corrected chi connectivity index (χ1v) is 14.6. The van der Waals surface area contributed by atoms with Gasteiger partial charge in [-0.15, -0.1) is 0 Å². The van der Waals surface area contributed by atoms with E-state index >= 15 is 0 Å². The van der Waals surface area contributed by atoms with Gasteiger partial charge in [0.25, 0.3) is 11.8 Å². The molecule has 0 atom stereocenters. The lowest BCUT2D eigenvalue weighted by atomic mass is 9.53. The van der Waals surface area contributed by atoms with E-state index in [1.54, 1.807) is 0 Å². The Morgan fingerprint density at radius 2 is 1.70 bits per heavy atom. The van der Waals surface area contributed by atoms with Crippen molar-refractivity contribution in [1.29, 1.82) is 0 Å². The van der Waals surface area contributed by atoms with Crippen LogP contribution in [0.5, 0.6) is 5.88 Å². The van der Waals surface area contributed by atoms with Gasteiger partial charge in [-0.3, -0.25) is 4.79 Å². The van der Waals surface area contributed by atoms with Gasteiger partial charge in [0.05, 0.1) is 6.54 Å². The number of benzene rings is 1. The number of hydrogen-bond acceptors (Lipinski definition) is 6. The lowest BCUT2D eigenvalue weighted by Crippen LogP contribution is -2.59. The molecule has 0 spiro atoms. The van der Waals surface area contributed by atoms with E-state index in [9.17, 15) is 9.59 Å². The average Bonchev–Trinajstić information content (AvgIpc) is 3.29. The fraction of sp³-hybridized carbons (Fsp3) is 0.607. The third-order valence-electron chi connectivity index (χ3n) is 8.47. The number of carbonyl (C=O) groups excluding carboxylic acids is 2. The Bertz CT molecular complexity index is 1080. The minimum absolute atomic E-state index is 0.0574. The van der Waals surface area contributed by atoms with Crippen molar-refractivity contribution in [3.05, 3.63) is 36.1 Å². The molecule has 4 bridgehead atoms. The Morgan fingerprint density at radius 1 is 1.03 bits per heavy atom. The third kappa shape index (κ3) is 5.47. The van der Waals surface area contributed by atoms with Crippen molar-refractivity contribution < 1.29 is 18.8 Å². The van der Waals surface area contributed by atoms with Crippen molar-refractivity contribution in [2.75, 3.05) is 26.2 Å². The molecule has 0 unspecified atom stereocenters. The highest BCUT2D eigenvalue weighted by Crippen LogP contribution is 2.55. The van der Waals surface area contributed by atoms with Crippen molar-refractivity contribution in [3.8, 4) is 5.88 Å². The van der Waals surface area contributed by atoms with Crippen LogP contribution in [0, 0.1) is 17.8 Å². The maximum absolute atomic E-state index is 13.6. The highest BCUT2D eigenvalue weighted by Gasteiger charge is 2.52. The zero-order valence-electron chi connectivity index (χ0n) is 21.2. The molecule has 2 N–H and O–H groups in total. The molecule has 4 saturated carbocycles. The van der Waals surface area contributed by atoms with Gasteiger partial charge < -0.3 is 24.8 Å². The van der Waals surface area contributed by atoms with Crippen LogP contribution in [0.25, 0.3) is 0 Å². The number of aromatic nitrogens is 1. The Hall–Kier alpha value is -2.68. The van der Waals surface area contributed by atoms with Crippen LogP contribution in [0.15, 0.2) is 44.6 Å². The summed E-state index contributed by atoms with van der Waals surface area (Å²) in [5.41, 5.74) is -0.118. The van der Waals surface area contributed by atoms with E-state index in [2.05, 4.69) is 15.8 Å². The van der Waals surface area contributed by atoms with Crippen molar-refractivity contribution in [3.63, 3.8) is 0 Å². The molecule has 0 radical (unpaired) electrons. The summed E-state index contributed by atoms with van der Waals surface area (Å²) in [6, 6.07) is 9.80. The molecular formula is C28H36N4O4S. The van der Waals surface area contributed by atoms with Gasteiger partial charge in [0, 0.05) is 23.5 Å². The summed E-state index contributed by atoms with van der Waals surface area (Å²) < 4.78 is 11.5. The van der Waals surface area contributed by atoms with Gasteiger partial charge in [-0.05, 0) is 92.8 Å². The zero-order chi connectivity index (χ0) is 25.2. The van der Waals surface area contributed by atoms with E-state index in [1.165, 1.54) is 37.4 Å². The second-order valence-corrected chi connectivity index (χ2v) is 12.4. The molecule has 2 aromatic rings. The monoisotopic (exact) mass is 524 g/mol. The summed E-state index contributed by atoms with van der Waals surface area (Å²) in [6.45, 7) is 2.20. The fourth-order valence-electron chi connectivity index (χ4n) is 7.28. The fourth-order valence-corrected chi connectivity index (χ4v) is 8.21. The van der Waals surface area contributed by atoms with E-state index in [4.69, 9.17) is 9.26 Å². The number of nitrogens with zero attached hydrogens (tertiary/aromatic N) is 2. The second-order valence-electron chi connectivity index (χ2n) is 11.3. The smallest absolute Gasteiger partial charge is 0.317 e. The summed E-state index contributed by atoms with van der Waals surface area (Å²) in [4.78, 5) is 29.4. The topological polar surface area (TPSA) is 96.7 Å². The van der Waals surface area contributed by atoms with E-state index in [-0.39, 0.29) is 35.7 Å². The molecular weight excluding hydrogens is 488 g/mol. The minimum Gasteiger partial charge on any atom is -0.473 e. The molecule has 1 saturated heterocycles. The minimum atomic E-state index is -0.207. The predicted molar refractivity (Wildman–Crippen MR) is 140 cm³/mol. The molecule has 4 aliphatic carbocycles. The van der Waals surface area contributed by atoms with Gasteiger partial charge in [0.15, 0.2) is 0 Å². The van der Waals surface area contributed by atoms with E-state index in [0.717, 1.165) is 67.8 Å². The first-order valence-electron chi connectivity index (χ1n) is 13.8. The number of rotatable bonds is 8. The standard InChI is InChI=1S/C28H36N4O4S/c33-25(30-28-16-19-13-20(17-28)15-21(14-19)18-28)23-24(37-22-7-3-1-4-8-22)26(31-36-23)35-12-9-29-27(34)32-10-5-2-6-11-32/h1,3-4,7-8,19-21H,2,5-6,9-18H2,(H,29,34)(H,30,33). The lowest BCUT2D eigenvalue weighted by molar-refractivity contribution is -0.0173. The van der Waals surface area contributed by atoms with Gasteiger partial charge in [0.1, 0.15) is 11.5 Å². The summed E-state index contributed by atoms with van der Waals surface area (Å²) in [5, 5.41) is 10.5. The molecule has 5 aliphatic rings. The number of piperidine rings is 1. The Balaban J connectivity index is 1.13. The van der Waals surface area contributed by atoms with Crippen molar-refractivity contribution >= 4 is 23.7 Å². The second kappa shape index (κ2) is 10.6. The highest BCUT2D eigenvalue weighted by molar-refractivity contribution is 7.99. The Morgan fingerprint density at radius 3 is 2.38 bits per heavy atom. The Kier molecular flexibility index (Phi) is 7.06. The van der Waals surface area contributed by atoms with Crippen LogP contribution < -0.4 is 15.4 Å². The van der Waals surface area contributed by atoms with E-state index < -0.39 is 0 Å². The van der Waals surface area contributed by atoms with E-state index in [1.807, 2.05) is 35.2 Å². The lowest BCUT2D eigenvalue weighted by Gasteiger charge is -2.56. The molecule has 8 nitrogen and oxygen atoms in total. The van der Waals surface area contributed by atoms with Crippen LogP contribution >= 0.6 is 11.8 Å².